The Bertz CT molecular complexity index is 595. The lowest BCUT2D eigenvalue weighted by molar-refractivity contribution is 0.598. The van der Waals surface area contributed by atoms with Crippen LogP contribution in [-0.2, 0) is 19.9 Å². The molecule has 9 heteroatoms. The van der Waals surface area contributed by atoms with E-state index in [1.54, 1.807) is 0 Å². The molecule has 17 heavy (non-hydrogen) atoms. The van der Waals surface area contributed by atoms with Crippen molar-refractivity contribution in [3.63, 3.8) is 0 Å². The Morgan fingerprint density at radius 3 is 2.53 bits per heavy atom. The first-order valence-corrected chi connectivity index (χ1v) is 8.20. The molecule has 1 heterocycles. The molecule has 0 saturated carbocycles. The largest absolute Gasteiger partial charge is 0.368 e. The minimum Gasteiger partial charge on any atom is -0.368 e. The smallest absolute Gasteiger partial charge is 0.210 e. The van der Waals surface area contributed by atoms with E-state index >= 15 is 0 Å². The Kier molecular flexibility index (Phi) is 4.07. The van der Waals surface area contributed by atoms with E-state index in [1.165, 1.54) is 18.3 Å². The van der Waals surface area contributed by atoms with Gasteiger partial charge in [-0.15, -0.1) is 0 Å². The van der Waals surface area contributed by atoms with Gasteiger partial charge in [0, 0.05) is 19.0 Å². The molecule has 0 bridgehead atoms. The quantitative estimate of drug-likeness (QED) is 0.727. The second kappa shape index (κ2) is 4.98. The minimum atomic E-state index is -3.58. The van der Waals surface area contributed by atoms with Gasteiger partial charge in [-0.2, -0.15) is 0 Å². The summed E-state index contributed by atoms with van der Waals surface area (Å²) in [6, 6.07) is 2.88. The molecule has 1 aromatic heterocycles. The Hall–Kier alpha value is -1.19. The molecule has 0 unspecified atom stereocenters. The molecule has 0 aliphatic carbocycles. The summed E-state index contributed by atoms with van der Waals surface area (Å²) in [5, 5.41) is 7.44. The monoisotopic (exact) mass is 279 g/mol. The fraction of sp³-hybridized carbons (Fsp3) is 0.375. The van der Waals surface area contributed by atoms with E-state index in [1.807, 2.05) is 0 Å². The molecule has 1 rings (SSSR count). The second-order valence-electron chi connectivity index (χ2n) is 3.42. The first-order chi connectivity index (χ1) is 7.70. The molecule has 0 atom stereocenters. The Morgan fingerprint density at radius 1 is 1.35 bits per heavy atom. The summed E-state index contributed by atoms with van der Waals surface area (Å²) < 4.78 is 44.2. The number of nitrogens with two attached hydrogens (primary N) is 1. The Labute approximate surface area is 100 Å². The average Bonchev–Trinajstić information content (AvgIpc) is 2.15. The zero-order valence-electron chi connectivity index (χ0n) is 9.12. The number of nitrogens with zero attached hydrogens (tertiary/aromatic N) is 1. The molecule has 96 valence electrons. The summed E-state index contributed by atoms with van der Waals surface area (Å²) in [6.45, 7) is -0.00162. The standard InChI is InChI=1S/C8H13N3O4S2/c1-16(12,13)7-3-2-4-10-8(7)11-5-6-17(9,14)15/h2-4H,5-6H2,1H3,(H,10,11)(H2,9,14,15). The summed E-state index contributed by atoms with van der Waals surface area (Å²) in [4.78, 5) is 3.86. The molecule has 0 spiro atoms. The van der Waals surface area contributed by atoms with Crippen LogP contribution in [0.5, 0.6) is 0 Å². The topological polar surface area (TPSA) is 119 Å². The molecule has 0 aliphatic rings. The molecule has 0 aliphatic heterocycles. The van der Waals surface area contributed by atoms with Crippen molar-refractivity contribution in [1.29, 1.82) is 0 Å². The number of hydrogen-bond donors (Lipinski definition) is 2. The lowest BCUT2D eigenvalue weighted by Gasteiger charge is -2.08. The third kappa shape index (κ3) is 4.67. The number of aromatic nitrogens is 1. The van der Waals surface area contributed by atoms with Gasteiger partial charge >= 0.3 is 0 Å². The van der Waals surface area contributed by atoms with E-state index in [0.717, 1.165) is 6.26 Å². The summed E-state index contributed by atoms with van der Waals surface area (Å²) in [5.41, 5.74) is 0. The summed E-state index contributed by atoms with van der Waals surface area (Å²) in [7, 11) is -6.99. The lowest BCUT2D eigenvalue weighted by Crippen LogP contribution is -2.23. The van der Waals surface area contributed by atoms with E-state index in [2.05, 4.69) is 10.3 Å². The van der Waals surface area contributed by atoms with Crippen LogP contribution >= 0.6 is 0 Å². The van der Waals surface area contributed by atoms with Gasteiger partial charge < -0.3 is 5.32 Å². The maximum absolute atomic E-state index is 11.4. The SMILES string of the molecule is CS(=O)(=O)c1cccnc1NCCS(N)(=O)=O. The van der Waals surface area contributed by atoms with Crippen molar-refractivity contribution in [2.24, 2.45) is 5.14 Å². The average molecular weight is 279 g/mol. The van der Waals surface area contributed by atoms with Gasteiger partial charge in [0.25, 0.3) is 0 Å². The van der Waals surface area contributed by atoms with Crippen LogP contribution in [0.15, 0.2) is 23.2 Å². The maximum atomic E-state index is 11.4. The lowest BCUT2D eigenvalue weighted by atomic mass is 10.4. The molecule has 0 radical (unpaired) electrons. The Balaban J connectivity index is 2.86. The number of rotatable bonds is 5. The third-order valence-electron chi connectivity index (χ3n) is 1.85. The first-order valence-electron chi connectivity index (χ1n) is 4.59. The highest BCUT2D eigenvalue weighted by molar-refractivity contribution is 7.91. The van der Waals surface area contributed by atoms with Gasteiger partial charge in [0.2, 0.25) is 10.0 Å². The van der Waals surface area contributed by atoms with Gasteiger partial charge in [0.05, 0.1) is 5.75 Å². The van der Waals surface area contributed by atoms with E-state index in [4.69, 9.17) is 5.14 Å². The zero-order chi connectivity index (χ0) is 13.1. The van der Waals surface area contributed by atoms with Crippen molar-refractivity contribution < 1.29 is 16.8 Å². The fourth-order valence-corrected chi connectivity index (χ4v) is 2.32. The van der Waals surface area contributed by atoms with E-state index in [-0.39, 0.29) is 23.0 Å². The van der Waals surface area contributed by atoms with Crippen LogP contribution in [0.25, 0.3) is 0 Å². The van der Waals surface area contributed by atoms with Gasteiger partial charge in [-0.3, -0.25) is 0 Å². The highest BCUT2D eigenvalue weighted by atomic mass is 32.2. The van der Waals surface area contributed by atoms with E-state index < -0.39 is 19.9 Å². The predicted octanol–water partition coefficient (Wildman–Crippen LogP) is -0.814. The number of sulfonamides is 1. The van der Waals surface area contributed by atoms with Gasteiger partial charge in [-0.25, -0.2) is 27.0 Å². The van der Waals surface area contributed by atoms with Crippen molar-refractivity contribution >= 4 is 25.7 Å². The second-order valence-corrected chi connectivity index (χ2v) is 7.13. The number of pyridine rings is 1. The molecule has 3 N–H and O–H groups in total. The van der Waals surface area contributed by atoms with Gasteiger partial charge in [0.1, 0.15) is 10.7 Å². The first kappa shape index (κ1) is 13.9. The number of sulfone groups is 1. The van der Waals surface area contributed by atoms with Crippen LogP contribution in [0.1, 0.15) is 0 Å². The number of anilines is 1. The highest BCUT2D eigenvalue weighted by Crippen LogP contribution is 2.17. The van der Waals surface area contributed by atoms with Crippen LogP contribution in [-0.4, -0.2) is 40.4 Å². The molecule has 0 fully saturated rings. The maximum Gasteiger partial charge on any atom is 0.210 e. The van der Waals surface area contributed by atoms with Crippen LogP contribution in [0.2, 0.25) is 0 Å². The predicted molar refractivity (Wildman–Crippen MR) is 63.8 cm³/mol. The zero-order valence-corrected chi connectivity index (χ0v) is 10.8. The fourth-order valence-electron chi connectivity index (χ4n) is 1.13. The highest BCUT2D eigenvalue weighted by Gasteiger charge is 2.13. The van der Waals surface area contributed by atoms with Gasteiger partial charge in [0.15, 0.2) is 9.84 Å². The number of nitrogens with one attached hydrogen (secondary N) is 1. The van der Waals surface area contributed by atoms with E-state index in [9.17, 15) is 16.8 Å². The molecular formula is C8H13N3O4S2. The van der Waals surface area contributed by atoms with E-state index in [0.29, 0.717) is 0 Å². The van der Waals surface area contributed by atoms with Crippen molar-refractivity contribution in [2.45, 2.75) is 4.90 Å². The van der Waals surface area contributed by atoms with Crippen molar-refractivity contribution in [2.75, 3.05) is 23.9 Å². The third-order valence-corrected chi connectivity index (χ3v) is 3.75. The van der Waals surface area contributed by atoms with Gasteiger partial charge in [-0.1, -0.05) is 0 Å². The summed E-state index contributed by atoms with van der Waals surface area (Å²) >= 11 is 0. The van der Waals surface area contributed by atoms with Gasteiger partial charge in [-0.05, 0) is 12.1 Å². The van der Waals surface area contributed by atoms with Crippen LogP contribution < -0.4 is 10.5 Å². The van der Waals surface area contributed by atoms with Crippen molar-refractivity contribution in [3.05, 3.63) is 18.3 Å². The Morgan fingerprint density at radius 2 is 2.00 bits per heavy atom. The van der Waals surface area contributed by atoms with Crippen LogP contribution in [0, 0.1) is 0 Å². The number of hydrogen-bond acceptors (Lipinski definition) is 6. The van der Waals surface area contributed by atoms with Crippen LogP contribution in [0.4, 0.5) is 5.82 Å². The minimum absolute atomic E-state index is 0.00162. The molecule has 7 nitrogen and oxygen atoms in total. The van der Waals surface area contributed by atoms with Crippen molar-refractivity contribution in [3.8, 4) is 0 Å². The van der Waals surface area contributed by atoms with Crippen molar-refractivity contribution in [1.82, 2.24) is 4.98 Å². The van der Waals surface area contributed by atoms with Crippen LogP contribution in [0.3, 0.4) is 0 Å². The molecule has 1 aromatic rings. The normalized spacial score (nSPS) is 12.4. The molecule has 0 amide bonds. The molecule has 0 saturated heterocycles. The molecular weight excluding hydrogens is 266 g/mol. The summed E-state index contributed by atoms with van der Waals surface area (Å²) in [5.74, 6) is -0.175. The number of primary sulfonamides is 1. The molecule has 0 aromatic carbocycles. The summed E-state index contributed by atoms with van der Waals surface area (Å²) in [6.07, 6.45) is 2.46.